The van der Waals surface area contributed by atoms with E-state index in [-0.39, 0.29) is 0 Å². The van der Waals surface area contributed by atoms with Crippen molar-refractivity contribution in [2.24, 2.45) is 0 Å². The van der Waals surface area contributed by atoms with Crippen LogP contribution in [-0.4, -0.2) is 11.1 Å². The number of aryl methyl sites for hydroxylation is 3. The van der Waals surface area contributed by atoms with Gasteiger partial charge in [0, 0.05) is 10.5 Å². The van der Waals surface area contributed by atoms with Gasteiger partial charge < -0.3 is 10.4 Å². The number of phenols is 1. The van der Waals surface area contributed by atoms with Crippen molar-refractivity contribution in [3.8, 4) is 5.75 Å². The summed E-state index contributed by atoms with van der Waals surface area (Å²) in [6.07, 6.45) is 2.04. The predicted molar refractivity (Wildman–Crippen MR) is 93.1 cm³/mol. The molecule has 2 aromatic rings. The first-order valence-electron chi connectivity index (χ1n) is 7.27. The molecule has 0 radical (unpaired) electrons. The van der Waals surface area contributed by atoms with E-state index in [1.54, 1.807) is 12.1 Å². The lowest BCUT2D eigenvalue weighted by Gasteiger charge is -2.19. The maximum absolute atomic E-state index is 9.29. The number of hydrogen-bond acceptors (Lipinski definition) is 2. The third-order valence-electron chi connectivity index (χ3n) is 3.62. The summed E-state index contributed by atoms with van der Waals surface area (Å²) in [4.78, 5) is 0. The molecule has 2 N–H and O–H groups in total. The average Bonchev–Trinajstić information content (AvgIpc) is 2.42. The largest absolute Gasteiger partial charge is 0.508 e. The van der Waals surface area contributed by atoms with Gasteiger partial charge in [0.05, 0.1) is 5.69 Å². The molecule has 1 atom stereocenters. The van der Waals surface area contributed by atoms with Crippen LogP contribution in [0.2, 0.25) is 0 Å². The number of rotatable bonds is 5. The number of phenolic OH excluding ortho intramolecular Hbond substituents is 1. The molecule has 2 rings (SSSR count). The summed E-state index contributed by atoms with van der Waals surface area (Å²) in [5.74, 6) is 0.323. The third-order valence-corrected chi connectivity index (χ3v) is 4.25. The highest BCUT2D eigenvalue weighted by molar-refractivity contribution is 9.10. The Bertz CT molecular complexity index is 584. The lowest BCUT2D eigenvalue weighted by atomic mass is 10.0. The van der Waals surface area contributed by atoms with Crippen molar-refractivity contribution in [3.63, 3.8) is 0 Å². The van der Waals surface area contributed by atoms with Crippen LogP contribution in [0, 0.1) is 13.8 Å². The smallest absolute Gasteiger partial charge is 0.115 e. The SMILES string of the molecule is Cc1cc(C)c(NC(C)CCc2ccc(O)cc2)c(Br)c1. The van der Waals surface area contributed by atoms with Crippen LogP contribution in [-0.2, 0) is 6.42 Å². The molecule has 0 saturated heterocycles. The van der Waals surface area contributed by atoms with E-state index in [0.717, 1.165) is 17.3 Å². The molecule has 0 saturated carbocycles. The molecule has 0 aliphatic rings. The Morgan fingerprint density at radius 2 is 1.81 bits per heavy atom. The summed E-state index contributed by atoms with van der Waals surface area (Å²) in [7, 11) is 0. The van der Waals surface area contributed by atoms with Crippen molar-refractivity contribution < 1.29 is 5.11 Å². The predicted octanol–water partition coefficient (Wildman–Crippen LogP) is 5.20. The zero-order valence-corrected chi connectivity index (χ0v) is 14.4. The van der Waals surface area contributed by atoms with Crippen LogP contribution < -0.4 is 5.32 Å². The van der Waals surface area contributed by atoms with Crippen LogP contribution in [0.3, 0.4) is 0 Å². The lowest BCUT2D eigenvalue weighted by molar-refractivity contribution is 0.475. The molecule has 112 valence electrons. The summed E-state index contributed by atoms with van der Waals surface area (Å²) in [6, 6.07) is 12.2. The van der Waals surface area contributed by atoms with E-state index in [0.29, 0.717) is 11.8 Å². The van der Waals surface area contributed by atoms with E-state index in [1.807, 2.05) is 12.1 Å². The Morgan fingerprint density at radius 3 is 2.43 bits per heavy atom. The van der Waals surface area contributed by atoms with Crippen molar-refractivity contribution in [2.45, 2.75) is 39.7 Å². The van der Waals surface area contributed by atoms with Crippen LogP contribution in [0.4, 0.5) is 5.69 Å². The van der Waals surface area contributed by atoms with Crippen LogP contribution in [0.5, 0.6) is 5.75 Å². The number of anilines is 1. The van der Waals surface area contributed by atoms with E-state index >= 15 is 0 Å². The summed E-state index contributed by atoms with van der Waals surface area (Å²) in [5.41, 5.74) is 4.96. The average molecular weight is 348 g/mol. The molecule has 0 spiro atoms. The maximum Gasteiger partial charge on any atom is 0.115 e. The van der Waals surface area contributed by atoms with Crippen LogP contribution in [0.1, 0.15) is 30.0 Å². The number of halogens is 1. The molecular weight excluding hydrogens is 326 g/mol. The van der Waals surface area contributed by atoms with Gasteiger partial charge in [-0.3, -0.25) is 0 Å². The summed E-state index contributed by atoms with van der Waals surface area (Å²) in [6.45, 7) is 6.44. The van der Waals surface area contributed by atoms with Gasteiger partial charge in [-0.25, -0.2) is 0 Å². The second-order valence-electron chi connectivity index (χ2n) is 5.69. The molecule has 3 heteroatoms. The minimum Gasteiger partial charge on any atom is -0.508 e. The summed E-state index contributed by atoms with van der Waals surface area (Å²) >= 11 is 3.64. The van der Waals surface area contributed by atoms with Crippen molar-refractivity contribution >= 4 is 21.6 Å². The normalized spacial score (nSPS) is 12.2. The molecule has 1 unspecified atom stereocenters. The fourth-order valence-electron chi connectivity index (χ4n) is 2.46. The fourth-order valence-corrected chi connectivity index (χ4v) is 3.25. The number of nitrogens with one attached hydrogen (secondary N) is 1. The third kappa shape index (κ3) is 4.50. The fraction of sp³-hybridized carbons (Fsp3) is 0.333. The second kappa shape index (κ2) is 6.99. The molecule has 0 fully saturated rings. The van der Waals surface area contributed by atoms with Gasteiger partial charge in [-0.1, -0.05) is 18.2 Å². The van der Waals surface area contributed by atoms with Crippen LogP contribution >= 0.6 is 15.9 Å². The van der Waals surface area contributed by atoms with Gasteiger partial charge in [0.15, 0.2) is 0 Å². The van der Waals surface area contributed by atoms with E-state index < -0.39 is 0 Å². The highest BCUT2D eigenvalue weighted by atomic mass is 79.9. The molecule has 21 heavy (non-hydrogen) atoms. The quantitative estimate of drug-likeness (QED) is 0.778. The monoisotopic (exact) mass is 347 g/mol. The first kappa shape index (κ1) is 15.9. The number of aromatic hydroxyl groups is 1. The Balaban J connectivity index is 1.96. The first-order valence-corrected chi connectivity index (χ1v) is 8.06. The van der Waals surface area contributed by atoms with Crippen LogP contribution in [0.15, 0.2) is 40.9 Å². The van der Waals surface area contributed by atoms with Gasteiger partial charge in [-0.15, -0.1) is 0 Å². The topological polar surface area (TPSA) is 32.3 Å². The summed E-state index contributed by atoms with van der Waals surface area (Å²) < 4.78 is 1.12. The van der Waals surface area contributed by atoms with Crippen molar-refractivity contribution in [1.82, 2.24) is 0 Å². The number of benzene rings is 2. The van der Waals surface area contributed by atoms with Crippen molar-refractivity contribution in [3.05, 3.63) is 57.6 Å². The zero-order chi connectivity index (χ0) is 15.4. The molecule has 0 amide bonds. The van der Waals surface area contributed by atoms with E-state index in [1.165, 1.54) is 22.4 Å². The highest BCUT2D eigenvalue weighted by Gasteiger charge is 2.09. The maximum atomic E-state index is 9.29. The lowest BCUT2D eigenvalue weighted by Crippen LogP contribution is -2.17. The van der Waals surface area contributed by atoms with Crippen molar-refractivity contribution in [2.75, 3.05) is 5.32 Å². The Morgan fingerprint density at radius 1 is 1.14 bits per heavy atom. The molecule has 2 nitrogen and oxygen atoms in total. The molecule has 0 aromatic heterocycles. The Kier molecular flexibility index (Phi) is 5.29. The molecule has 2 aromatic carbocycles. The van der Waals surface area contributed by atoms with E-state index in [9.17, 15) is 5.11 Å². The van der Waals surface area contributed by atoms with Gasteiger partial charge in [0.2, 0.25) is 0 Å². The molecule has 0 aliphatic carbocycles. The minimum absolute atomic E-state index is 0.323. The number of hydrogen-bond donors (Lipinski definition) is 2. The van der Waals surface area contributed by atoms with E-state index in [4.69, 9.17) is 0 Å². The molecule has 0 bridgehead atoms. The first-order chi connectivity index (χ1) is 9.95. The standard InChI is InChI=1S/C18H22BrNO/c1-12-10-13(2)18(17(19)11-12)20-14(3)4-5-15-6-8-16(21)9-7-15/h6-11,14,20-21H,4-5H2,1-3H3. The van der Waals surface area contributed by atoms with Gasteiger partial charge in [-0.2, -0.15) is 0 Å². The minimum atomic E-state index is 0.323. The van der Waals surface area contributed by atoms with Gasteiger partial charge in [-0.05, 0) is 84.4 Å². The van der Waals surface area contributed by atoms with Gasteiger partial charge >= 0.3 is 0 Å². The zero-order valence-electron chi connectivity index (χ0n) is 12.8. The Labute approximate surface area is 135 Å². The van der Waals surface area contributed by atoms with Gasteiger partial charge in [0.25, 0.3) is 0 Å². The molecule has 0 aliphatic heterocycles. The van der Waals surface area contributed by atoms with Gasteiger partial charge in [0.1, 0.15) is 5.75 Å². The molecule has 0 heterocycles. The Hall–Kier alpha value is -1.48. The second-order valence-corrected chi connectivity index (χ2v) is 6.54. The highest BCUT2D eigenvalue weighted by Crippen LogP contribution is 2.28. The summed E-state index contributed by atoms with van der Waals surface area (Å²) in [5, 5.41) is 12.9. The van der Waals surface area contributed by atoms with Crippen LogP contribution in [0.25, 0.3) is 0 Å². The molecular formula is C18H22BrNO. The van der Waals surface area contributed by atoms with Crippen molar-refractivity contribution in [1.29, 1.82) is 0 Å². The van der Waals surface area contributed by atoms with E-state index in [2.05, 4.69) is 54.2 Å².